The van der Waals surface area contributed by atoms with Gasteiger partial charge in [0.05, 0.1) is 6.54 Å². The topological polar surface area (TPSA) is 71.3 Å². The Balaban J connectivity index is 1.26. The summed E-state index contributed by atoms with van der Waals surface area (Å²) in [6.07, 6.45) is 1.44. The smallest absolute Gasteiger partial charge is 0.246 e. The molecule has 162 valence electrons. The number of amides is 1. The Labute approximate surface area is 185 Å². The molecule has 8 heteroatoms. The molecule has 31 heavy (non-hydrogen) atoms. The maximum Gasteiger partial charge on any atom is 0.246 e. The maximum absolute atomic E-state index is 14.0. The summed E-state index contributed by atoms with van der Waals surface area (Å²) in [5, 5.41) is 7.31. The molecule has 0 unspecified atom stereocenters. The molecule has 1 amide bonds. The van der Waals surface area contributed by atoms with Crippen molar-refractivity contribution in [1.29, 1.82) is 0 Å². The predicted octanol–water partition coefficient (Wildman–Crippen LogP) is 4.37. The number of carbonyl (C=O) groups is 1. The maximum atomic E-state index is 14.0. The van der Waals surface area contributed by atoms with E-state index in [0.29, 0.717) is 28.8 Å². The van der Waals surface area contributed by atoms with Gasteiger partial charge in [0, 0.05) is 28.6 Å². The molecule has 0 bridgehead atoms. The monoisotopic (exact) mass is 442 g/mol. The highest BCUT2D eigenvalue weighted by Gasteiger charge is 2.25. The van der Waals surface area contributed by atoms with Gasteiger partial charge in [0.25, 0.3) is 0 Å². The van der Waals surface area contributed by atoms with E-state index in [-0.39, 0.29) is 24.2 Å². The van der Waals surface area contributed by atoms with Gasteiger partial charge in [0.15, 0.2) is 0 Å². The van der Waals surface area contributed by atoms with Crippen molar-refractivity contribution in [1.82, 2.24) is 20.4 Å². The molecule has 0 spiro atoms. The van der Waals surface area contributed by atoms with Gasteiger partial charge in [-0.05, 0) is 50.6 Å². The summed E-state index contributed by atoms with van der Waals surface area (Å²) in [5.74, 6) is 0.502. The fraction of sp³-hybridized carbons (Fsp3) is 0.348. The van der Waals surface area contributed by atoms with Gasteiger partial charge < -0.3 is 9.84 Å². The number of hydrogen-bond donors (Lipinski definition) is 1. The second-order valence-corrected chi connectivity index (χ2v) is 8.27. The second kappa shape index (κ2) is 9.58. The van der Waals surface area contributed by atoms with E-state index in [2.05, 4.69) is 20.4 Å². The molecule has 1 aromatic heterocycles. The van der Waals surface area contributed by atoms with Crippen molar-refractivity contribution >= 4 is 17.5 Å². The number of likely N-dealkylation sites (tertiary alicyclic amines) is 1. The molecule has 1 N–H and O–H groups in total. The molecule has 1 aliphatic rings. The van der Waals surface area contributed by atoms with Crippen molar-refractivity contribution in [2.45, 2.75) is 32.9 Å². The van der Waals surface area contributed by atoms with Gasteiger partial charge in [-0.15, -0.1) is 0 Å². The van der Waals surface area contributed by atoms with Crippen LogP contribution in [0.2, 0.25) is 5.02 Å². The largest absolute Gasteiger partial charge is 0.347 e. The third kappa shape index (κ3) is 5.29. The summed E-state index contributed by atoms with van der Waals surface area (Å²) >= 11 is 5.81. The average Bonchev–Trinajstić information content (AvgIpc) is 3.24. The summed E-state index contributed by atoms with van der Waals surface area (Å²) in [5.41, 5.74) is 2.59. The van der Waals surface area contributed by atoms with Crippen molar-refractivity contribution in [3.63, 3.8) is 0 Å². The van der Waals surface area contributed by atoms with Crippen molar-refractivity contribution < 1.29 is 13.7 Å². The van der Waals surface area contributed by atoms with E-state index < -0.39 is 0 Å². The van der Waals surface area contributed by atoms with Gasteiger partial charge in [-0.2, -0.15) is 4.98 Å². The quantitative estimate of drug-likeness (QED) is 0.614. The molecule has 3 aromatic rings. The second-order valence-electron chi connectivity index (χ2n) is 7.83. The van der Waals surface area contributed by atoms with Gasteiger partial charge in [-0.3, -0.25) is 9.69 Å². The first-order chi connectivity index (χ1) is 15.0. The van der Waals surface area contributed by atoms with Crippen LogP contribution >= 0.6 is 11.6 Å². The van der Waals surface area contributed by atoms with Crippen LogP contribution in [0, 0.1) is 18.7 Å². The Morgan fingerprint density at radius 3 is 2.77 bits per heavy atom. The van der Waals surface area contributed by atoms with Crippen LogP contribution in [0.5, 0.6) is 0 Å². The number of piperidine rings is 1. The number of aromatic nitrogens is 2. The van der Waals surface area contributed by atoms with E-state index in [1.165, 1.54) is 6.07 Å². The fourth-order valence-corrected chi connectivity index (χ4v) is 3.97. The highest BCUT2D eigenvalue weighted by molar-refractivity contribution is 6.30. The molecule has 1 aliphatic heterocycles. The number of rotatable bonds is 6. The van der Waals surface area contributed by atoms with Crippen LogP contribution in [0.15, 0.2) is 47.0 Å². The number of aryl methyl sites for hydroxylation is 1. The Morgan fingerprint density at radius 1 is 1.26 bits per heavy atom. The van der Waals surface area contributed by atoms with E-state index in [0.717, 1.165) is 37.1 Å². The van der Waals surface area contributed by atoms with Gasteiger partial charge in [0.2, 0.25) is 17.6 Å². The molecule has 0 saturated carbocycles. The van der Waals surface area contributed by atoms with Crippen LogP contribution in [-0.4, -0.2) is 34.0 Å². The van der Waals surface area contributed by atoms with E-state index >= 15 is 0 Å². The highest BCUT2D eigenvalue weighted by atomic mass is 35.5. The molecule has 6 nitrogen and oxygen atoms in total. The van der Waals surface area contributed by atoms with Crippen molar-refractivity contribution in [3.8, 4) is 11.4 Å². The Bertz CT molecular complexity index is 1060. The minimum Gasteiger partial charge on any atom is -0.347 e. The lowest BCUT2D eigenvalue weighted by molar-refractivity contribution is -0.126. The normalized spacial score (nSPS) is 15.2. The Morgan fingerprint density at radius 2 is 2.03 bits per heavy atom. The van der Waals surface area contributed by atoms with Gasteiger partial charge >= 0.3 is 0 Å². The van der Waals surface area contributed by atoms with E-state index in [9.17, 15) is 9.18 Å². The minimum absolute atomic E-state index is 0.0204. The number of nitrogens with one attached hydrogen (secondary N) is 1. The lowest BCUT2D eigenvalue weighted by Gasteiger charge is -2.31. The van der Waals surface area contributed by atoms with Crippen molar-refractivity contribution in [2.24, 2.45) is 5.92 Å². The summed E-state index contributed by atoms with van der Waals surface area (Å²) < 4.78 is 19.3. The highest BCUT2D eigenvalue weighted by Crippen LogP contribution is 2.22. The van der Waals surface area contributed by atoms with E-state index in [1.807, 2.05) is 31.2 Å². The molecule has 0 atom stereocenters. The lowest BCUT2D eigenvalue weighted by atomic mass is 9.95. The lowest BCUT2D eigenvalue weighted by Crippen LogP contribution is -2.40. The minimum atomic E-state index is -0.294. The van der Waals surface area contributed by atoms with E-state index in [4.69, 9.17) is 16.1 Å². The van der Waals surface area contributed by atoms with Crippen LogP contribution in [0.1, 0.15) is 29.9 Å². The first kappa shape index (κ1) is 21.5. The summed E-state index contributed by atoms with van der Waals surface area (Å²) in [4.78, 5) is 19.1. The fourth-order valence-electron chi connectivity index (χ4n) is 3.81. The predicted molar refractivity (Wildman–Crippen MR) is 116 cm³/mol. The molecule has 2 heterocycles. The summed E-state index contributed by atoms with van der Waals surface area (Å²) in [6.45, 7) is 4.17. The molecule has 4 rings (SSSR count). The SMILES string of the molecule is Cc1ccccc1-c1noc(CNC(=O)C2CCN(Cc3ccc(Cl)cc3F)CC2)n1. The summed E-state index contributed by atoms with van der Waals surface area (Å²) in [6, 6.07) is 12.5. The Hall–Kier alpha value is -2.77. The van der Waals surface area contributed by atoms with Gasteiger partial charge in [-0.25, -0.2) is 4.39 Å². The summed E-state index contributed by atoms with van der Waals surface area (Å²) in [7, 11) is 0. The van der Waals surface area contributed by atoms with Crippen molar-refractivity contribution in [3.05, 3.63) is 70.3 Å². The number of carbonyl (C=O) groups excluding carboxylic acids is 1. The molecule has 1 fully saturated rings. The molecule has 2 aromatic carbocycles. The molecular formula is C23H24ClFN4O2. The molecule has 0 radical (unpaired) electrons. The van der Waals surface area contributed by atoms with Crippen LogP contribution in [-0.2, 0) is 17.9 Å². The zero-order valence-electron chi connectivity index (χ0n) is 17.3. The molecular weight excluding hydrogens is 419 g/mol. The number of halogens is 2. The zero-order chi connectivity index (χ0) is 21.8. The third-order valence-electron chi connectivity index (χ3n) is 5.64. The number of nitrogens with zero attached hydrogens (tertiary/aromatic N) is 3. The zero-order valence-corrected chi connectivity index (χ0v) is 18.0. The Kier molecular flexibility index (Phi) is 6.63. The van der Waals surface area contributed by atoms with Crippen LogP contribution in [0.4, 0.5) is 4.39 Å². The van der Waals surface area contributed by atoms with Gasteiger partial charge in [0.1, 0.15) is 5.82 Å². The number of benzene rings is 2. The first-order valence-corrected chi connectivity index (χ1v) is 10.7. The first-order valence-electron chi connectivity index (χ1n) is 10.3. The number of hydrogen-bond acceptors (Lipinski definition) is 5. The average molecular weight is 443 g/mol. The van der Waals surface area contributed by atoms with Crippen LogP contribution in [0.3, 0.4) is 0 Å². The third-order valence-corrected chi connectivity index (χ3v) is 5.87. The van der Waals surface area contributed by atoms with Crippen LogP contribution in [0.25, 0.3) is 11.4 Å². The van der Waals surface area contributed by atoms with E-state index in [1.54, 1.807) is 12.1 Å². The molecule has 0 aliphatic carbocycles. The van der Waals surface area contributed by atoms with Crippen molar-refractivity contribution in [2.75, 3.05) is 13.1 Å². The molecule has 1 saturated heterocycles. The standard InChI is InChI=1S/C23H24ClFN4O2/c1-15-4-2-3-5-19(15)22-27-21(31-28-22)13-26-23(30)16-8-10-29(11-9-16)14-17-6-7-18(24)12-20(17)25/h2-7,12,16H,8-11,13-14H2,1H3,(H,26,30). The van der Waals surface area contributed by atoms with Crippen LogP contribution < -0.4 is 5.32 Å². The van der Waals surface area contributed by atoms with Gasteiger partial charge in [-0.1, -0.05) is 47.1 Å².